The molecule has 1 saturated carbocycles. The second-order valence-corrected chi connectivity index (χ2v) is 10.9. The Labute approximate surface area is 255 Å². The number of hydrogen-bond acceptors (Lipinski definition) is 9. The van der Waals surface area contributed by atoms with Crippen LogP contribution in [0.4, 0.5) is 24.8 Å². The molecule has 230 valence electrons. The molecule has 0 bridgehead atoms. The summed E-state index contributed by atoms with van der Waals surface area (Å²) in [7, 11) is 0. The third-order valence-electron chi connectivity index (χ3n) is 7.54. The zero-order chi connectivity index (χ0) is 31.6. The molecule has 2 aliphatic rings. The summed E-state index contributed by atoms with van der Waals surface area (Å²) < 4.78 is 42.3. The summed E-state index contributed by atoms with van der Waals surface area (Å²) in [6, 6.07) is 12.1. The second kappa shape index (κ2) is 12.7. The molecule has 3 N–H and O–H groups in total. The molecular weight excluding hydrogens is 603 g/mol. The Morgan fingerprint density at radius 3 is 2.59 bits per heavy atom. The van der Waals surface area contributed by atoms with E-state index in [0.29, 0.717) is 5.17 Å². The van der Waals surface area contributed by atoms with Crippen LogP contribution in [0, 0.1) is 17.1 Å². The Hall–Kier alpha value is -4.29. The van der Waals surface area contributed by atoms with Gasteiger partial charge in [-0.1, -0.05) is 41.0 Å². The van der Waals surface area contributed by atoms with E-state index in [2.05, 4.69) is 15.3 Å². The highest BCUT2D eigenvalue weighted by Crippen LogP contribution is 2.38. The molecule has 1 aromatic heterocycles. The number of carbonyl (C=O) groups excluding carboxylic acids is 2. The Morgan fingerprint density at radius 2 is 1.91 bits per heavy atom. The van der Waals surface area contributed by atoms with Gasteiger partial charge in [0.05, 0.1) is 5.69 Å². The van der Waals surface area contributed by atoms with Crippen LogP contribution in [0.25, 0.3) is 0 Å². The van der Waals surface area contributed by atoms with Crippen LogP contribution in [0.3, 0.4) is 0 Å². The highest BCUT2D eigenvalue weighted by atomic mass is 35.5. The van der Waals surface area contributed by atoms with Crippen molar-refractivity contribution in [3.8, 4) is 6.07 Å². The Kier molecular flexibility index (Phi) is 9.02. The van der Waals surface area contributed by atoms with Crippen LogP contribution >= 0.6 is 11.6 Å². The van der Waals surface area contributed by atoms with Gasteiger partial charge in [0.25, 0.3) is 5.91 Å². The predicted octanol–water partition coefficient (Wildman–Crippen LogP) is 4.11. The molecule has 2 fully saturated rings. The predicted molar refractivity (Wildman–Crippen MR) is 151 cm³/mol. The fourth-order valence-electron chi connectivity index (χ4n) is 5.36. The Bertz CT molecular complexity index is 1580. The number of hydrogen-bond donors (Lipinski definition) is 3. The molecule has 1 aliphatic carbocycles. The van der Waals surface area contributed by atoms with Crippen molar-refractivity contribution in [2.75, 3.05) is 9.91 Å². The summed E-state index contributed by atoms with van der Waals surface area (Å²) in [5, 5.41) is 36.1. The molecule has 2 amide bonds. The van der Waals surface area contributed by atoms with Crippen molar-refractivity contribution >= 4 is 35.1 Å². The van der Waals surface area contributed by atoms with Crippen LogP contribution in [0.5, 0.6) is 0 Å². The molecule has 3 aromatic rings. The molecule has 2 aromatic carbocycles. The Morgan fingerprint density at radius 1 is 1.18 bits per heavy atom. The van der Waals surface area contributed by atoms with Gasteiger partial charge in [-0.25, -0.2) is 23.1 Å². The quantitative estimate of drug-likeness (QED) is 0.313. The van der Waals surface area contributed by atoms with Crippen LogP contribution in [0.1, 0.15) is 49.4 Å². The number of rotatable bonds is 8. The average molecular weight is 630 g/mol. The summed E-state index contributed by atoms with van der Waals surface area (Å²) in [5.41, 5.74) is 0.0132. The van der Waals surface area contributed by atoms with E-state index in [9.17, 15) is 38.3 Å². The summed E-state index contributed by atoms with van der Waals surface area (Å²) in [6.07, 6.45) is -3.12. The summed E-state index contributed by atoms with van der Waals surface area (Å²) >= 11 is 6.54. The standard InChI is InChI=1S/C29H27ClF3N7O4/c30-22-7-2-1-6-21(22)25(26(42)36-18-8-11-29(32,33)12-9-18)39(20-5-3-4-17(31)14-20)40(44)24-15-23(41)27(43)38(24)28-35-13-10-19(16-34)37-28/h1-7,10,13-14,18,23-25,41,44H,8-9,11-12,15H2,(H,36,42)/t23-,24-,25-/m1/s1. The third kappa shape index (κ3) is 6.46. The van der Waals surface area contributed by atoms with E-state index >= 15 is 0 Å². The molecule has 1 saturated heterocycles. The van der Waals surface area contributed by atoms with Crippen molar-refractivity contribution in [1.29, 1.82) is 5.26 Å². The van der Waals surface area contributed by atoms with Gasteiger partial charge in [-0.05, 0) is 43.2 Å². The third-order valence-corrected chi connectivity index (χ3v) is 7.89. The van der Waals surface area contributed by atoms with E-state index in [0.717, 1.165) is 22.0 Å². The normalized spacial score (nSPS) is 20.8. The van der Waals surface area contributed by atoms with E-state index in [-0.39, 0.29) is 40.8 Å². The van der Waals surface area contributed by atoms with Gasteiger partial charge in [-0.2, -0.15) is 5.26 Å². The van der Waals surface area contributed by atoms with Crippen LogP contribution in [-0.4, -0.2) is 61.5 Å². The zero-order valence-electron chi connectivity index (χ0n) is 23.0. The van der Waals surface area contributed by atoms with Crippen molar-refractivity contribution in [1.82, 2.24) is 20.5 Å². The van der Waals surface area contributed by atoms with Crippen LogP contribution in [0.2, 0.25) is 5.02 Å². The molecule has 44 heavy (non-hydrogen) atoms. The highest BCUT2D eigenvalue weighted by Gasteiger charge is 2.48. The number of aliphatic hydroxyl groups is 1. The van der Waals surface area contributed by atoms with Crippen LogP contribution in [0.15, 0.2) is 60.8 Å². The van der Waals surface area contributed by atoms with Crippen molar-refractivity contribution in [2.24, 2.45) is 0 Å². The van der Waals surface area contributed by atoms with Crippen molar-refractivity contribution in [2.45, 2.75) is 62.4 Å². The first kappa shape index (κ1) is 31.1. The van der Waals surface area contributed by atoms with E-state index < -0.39 is 67.2 Å². The monoisotopic (exact) mass is 629 g/mol. The number of amides is 2. The lowest BCUT2D eigenvalue weighted by Gasteiger charge is -2.42. The number of nitriles is 1. The maximum absolute atomic E-state index is 14.6. The highest BCUT2D eigenvalue weighted by molar-refractivity contribution is 6.31. The lowest BCUT2D eigenvalue weighted by Crippen LogP contribution is -2.58. The van der Waals surface area contributed by atoms with Crippen LogP contribution < -0.4 is 15.2 Å². The molecule has 2 heterocycles. The summed E-state index contributed by atoms with van der Waals surface area (Å²) in [4.78, 5) is 36.1. The Balaban J connectivity index is 1.60. The number of carbonyl (C=O) groups is 2. The first-order valence-corrected chi connectivity index (χ1v) is 14.1. The average Bonchev–Trinajstić information content (AvgIpc) is 3.30. The number of aromatic nitrogens is 2. The fraction of sp³-hybridized carbons (Fsp3) is 0.345. The number of nitrogens with zero attached hydrogens (tertiary/aromatic N) is 6. The number of benzene rings is 2. The number of halogens is 4. The minimum atomic E-state index is -2.84. The number of anilines is 2. The van der Waals surface area contributed by atoms with E-state index in [4.69, 9.17) is 11.6 Å². The molecule has 0 unspecified atom stereocenters. The second-order valence-electron chi connectivity index (χ2n) is 10.5. The largest absolute Gasteiger partial charge is 0.383 e. The molecule has 1 aliphatic heterocycles. The number of hydroxylamine groups is 1. The first-order valence-electron chi connectivity index (χ1n) is 13.7. The summed E-state index contributed by atoms with van der Waals surface area (Å²) in [5.74, 6) is -5.53. The maximum Gasteiger partial charge on any atom is 0.259 e. The lowest BCUT2D eigenvalue weighted by molar-refractivity contribution is -0.152. The zero-order valence-corrected chi connectivity index (χ0v) is 23.8. The summed E-state index contributed by atoms with van der Waals surface area (Å²) in [6.45, 7) is 0. The molecular formula is C29H27ClF3N7O4. The van der Waals surface area contributed by atoms with Crippen LogP contribution in [-0.2, 0) is 9.59 Å². The molecule has 11 nitrogen and oxygen atoms in total. The van der Waals surface area contributed by atoms with Gasteiger partial charge in [0.1, 0.15) is 29.9 Å². The van der Waals surface area contributed by atoms with Gasteiger partial charge in [-0.15, -0.1) is 0 Å². The smallest absolute Gasteiger partial charge is 0.259 e. The van der Waals surface area contributed by atoms with Crippen molar-refractivity contribution < 1.29 is 33.1 Å². The van der Waals surface area contributed by atoms with Gasteiger partial charge >= 0.3 is 0 Å². The lowest BCUT2D eigenvalue weighted by atomic mass is 9.91. The molecule has 0 radical (unpaired) electrons. The SMILES string of the molecule is N#Cc1ccnc(N2C(=O)[C@H](O)C[C@H]2N(O)N(c2cccc(F)c2)[C@@H](C(=O)NC2CCC(F)(F)CC2)c2ccccc2Cl)n1. The molecule has 15 heteroatoms. The van der Waals surface area contributed by atoms with E-state index in [1.807, 2.05) is 6.07 Å². The van der Waals surface area contributed by atoms with Gasteiger partial charge in [-0.3, -0.25) is 24.7 Å². The number of nitrogens with one attached hydrogen (secondary N) is 1. The molecule has 0 spiro atoms. The van der Waals surface area contributed by atoms with Gasteiger partial charge in [0.2, 0.25) is 17.8 Å². The van der Waals surface area contributed by atoms with E-state index in [1.54, 1.807) is 12.1 Å². The van der Waals surface area contributed by atoms with Gasteiger partial charge in [0, 0.05) is 42.1 Å². The number of aliphatic hydroxyl groups excluding tert-OH is 1. The minimum Gasteiger partial charge on any atom is -0.383 e. The number of alkyl halides is 2. The first-order chi connectivity index (χ1) is 21.0. The van der Waals surface area contributed by atoms with Crippen molar-refractivity contribution in [3.05, 3.63) is 82.9 Å². The molecule has 3 atom stereocenters. The van der Waals surface area contributed by atoms with Gasteiger partial charge < -0.3 is 10.4 Å². The molecule has 5 rings (SSSR count). The number of hydrazine groups is 1. The van der Waals surface area contributed by atoms with Gasteiger partial charge in [0.15, 0.2) is 6.04 Å². The van der Waals surface area contributed by atoms with Crippen molar-refractivity contribution in [3.63, 3.8) is 0 Å². The minimum absolute atomic E-state index is 0.000452. The maximum atomic E-state index is 14.6. The fourth-order valence-corrected chi connectivity index (χ4v) is 5.60. The topological polar surface area (TPSA) is 146 Å². The van der Waals surface area contributed by atoms with E-state index in [1.165, 1.54) is 36.5 Å².